The highest BCUT2D eigenvalue weighted by Gasteiger charge is 2.14. The Morgan fingerprint density at radius 1 is 1.04 bits per heavy atom. The molecule has 0 saturated carbocycles. The van der Waals surface area contributed by atoms with Crippen LogP contribution in [-0.2, 0) is 19.4 Å². The molecule has 130 valence electrons. The van der Waals surface area contributed by atoms with Gasteiger partial charge in [-0.15, -0.1) is 0 Å². The van der Waals surface area contributed by atoms with Crippen LogP contribution in [0.25, 0.3) is 0 Å². The van der Waals surface area contributed by atoms with Crippen molar-refractivity contribution in [3.63, 3.8) is 0 Å². The van der Waals surface area contributed by atoms with Gasteiger partial charge < -0.3 is 10.8 Å². The first-order valence-corrected chi connectivity index (χ1v) is 8.17. The van der Waals surface area contributed by atoms with Gasteiger partial charge in [0.25, 0.3) is 0 Å². The van der Waals surface area contributed by atoms with E-state index in [0.717, 1.165) is 18.1 Å². The molecule has 3 nitrogen and oxygen atoms in total. The van der Waals surface area contributed by atoms with Crippen LogP contribution in [0.5, 0.6) is 0 Å². The van der Waals surface area contributed by atoms with E-state index in [2.05, 4.69) is 24.4 Å². The molecule has 2 rings (SSSR count). The van der Waals surface area contributed by atoms with Gasteiger partial charge in [0.05, 0.1) is 12.3 Å². The van der Waals surface area contributed by atoms with Gasteiger partial charge in [0.15, 0.2) is 0 Å². The van der Waals surface area contributed by atoms with Crippen molar-refractivity contribution in [2.75, 3.05) is 0 Å². The van der Waals surface area contributed by atoms with Gasteiger partial charge >= 0.3 is 0 Å². The van der Waals surface area contributed by atoms with E-state index in [1.54, 1.807) is 0 Å². The molecule has 0 fully saturated rings. The summed E-state index contributed by atoms with van der Waals surface area (Å²) in [5, 5.41) is 13.2. The van der Waals surface area contributed by atoms with Crippen LogP contribution in [0.15, 0.2) is 42.5 Å². The predicted molar refractivity (Wildman–Crippen MR) is 91.3 cm³/mol. The maximum absolute atomic E-state index is 13.1. The van der Waals surface area contributed by atoms with E-state index in [1.165, 1.54) is 17.7 Å². The Morgan fingerprint density at radius 3 is 2.38 bits per heavy atom. The fourth-order valence-electron chi connectivity index (χ4n) is 2.58. The minimum absolute atomic E-state index is 0.325. The van der Waals surface area contributed by atoms with E-state index in [-0.39, 0.29) is 0 Å². The molecular formula is C19H24F2N2O. The Hall–Kier alpha value is -1.82. The highest BCUT2D eigenvalue weighted by molar-refractivity contribution is 5.23. The molecule has 0 aliphatic heterocycles. The van der Waals surface area contributed by atoms with E-state index >= 15 is 0 Å². The van der Waals surface area contributed by atoms with E-state index in [1.807, 2.05) is 12.1 Å². The second-order valence-corrected chi connectivity index (χ2v) is 5.96. The Labute approximate surface area is 141 Å². The van der Waals surface area contributed by atoms with Gasteiger partial charge in [-0.1, -0.05) is 31.2 Å². The normalized spacial score (nSPS) is 13.7. The number of aryl methyl sites for hydroxylation is 2. The highest BCUT2D eigenvalue weighted by Crippen LogP contribution is 2.12. The lowest BCUT2D eigenvalue weighted by Gasteiger charge is -2.20. The zero-order chi connectivity index (χ0) is 17.5. The lowest BCUT2D eigenvalue weighted by Crippen LogP contribution is -2.46. The van der Waals surface area contributed by atoms with Gasteiger partial charge in [-0.3, -0.25) is 5.32 Å². The summed E-state index contributed by atoms with van der Waals surface area (Å²) in [6.07, 6.45) is 0.245. The number of benzene rings is 2. The van der Waals surface area contributed by atoms with Crippen molar-refractivity contribution in [3.05, 3.63) is 70.8 Å². The highest BCUT2D eigenvalue weighted by atomic mass is 19.1. The fourth-order valence-corrected chi connectivity index (χ4v) is 2.58. The molecule has 0 radical (unpaired) electrons. The summed E-state index contributed by atoms with van der Waals surface area (Å²) in [7, 11) is 0. The third kappa shape index (κ3) is 5.67. The first-order valence-electron chi connectivity index (χ1n) is 8.17. The number of hydrogen-bond donors (Lipinski definition) is 3. The molecule has 0 bridgehead atoms. The number of hydrogen-bond acceptors (Lipinski definition) is 3. The number of rotatable bonds is 8. The second-order valence-electron chi connectivity index (χ2n) is 5.96. The van der Waals surface area contributed by atoms with Crippen LogP contribution in [0, 0.1) is 11.6 Å². The SMILES string of the molecule is CCc1cccc(CNC(N)C(O)CCc2cc(F)cc(F)c2)c1. The number of nitrogens with one attached hydrogen (secondary N) is 1. The summed E-state index contributed by atoms with van der Waals surface area (Å²) in [4.78, 5) is 0. The molecule has 2 aromatic carbocycles. The van der Waals surface area contributed by atoms with E-state index in [9.17, 15) is 13.9 Å². The van der Waals surface area contributed by atoms with Crippen molar-refractivity contribution in [2.45, 2.75) is 45.0 Å². The molecule has 0 aromatic heterocycles. The average molecular weight is 334 g/mol. The van der Waals surface area contributed by atoms with Crippen molar-refractivity contribution in [3.8, 4) is 0 Å². The molecule has 2 atom stereocenters. The minimum atomic E-state index is -0.800. The van der Waals surface area contributed by atoms with E-state index in [4.69, 9.17) is 5.73 Å². The first-order chi connectivity index (χ1) is 11.5. The largest absolute Gasteiger partial charge is 0.390 e. The van der Waals surface area contributed by atoms with Gasteiger partial charge in [-0.2, -0.15) is 0 Å². The summed E-state index contributed by atoms with van der Waals surface area (Å²) < 4.78 is 26.3. The van der Waals surface area contributed by atoms with Crippen LogP contribution in [0.4, 0.5) is 8.78 Å². The Kier molecular flexibility index (Phi) is 6.85. The van der Waals surface area contributed by atoms with Gasteiger partial charge in [0.2, 0.25) is 0 Å². The molecule has 0 heterocycles. The molecule has 5 heteroatoms. The molecule has 0 spiro atoms. The third-order valence-corrected chi connectivity index (χ3v) is 4.01. The van der Waals surface area contributed by atoms with Crippen LogP contribution >= 0.6 is 0 Å². The second kappa shape index (κ2) is 8.87. The van der Waals surface area contributed by atoms with Gasteiger partial charge in [-0.25, -0.2) is 8.78 Å². The summed E-state index contributed by atoms with van der Waals surface area (Å²) in [5.41, 5.74) is 8.81. The number of nitrogens with two attached hydrogens (primary N) is 1. The quantitative estimate of drug-likeness (QED) is 0.651. The minimum Gasteiger partial charge on any atom is -0.390 e. The standard InChI is InChI=1S/C19H24F2N2O/c1-2-13-4-3-5-15(8-13)12-23-19(22)18(24)7-6-14-9-16(20)11-17(21)10-14/h3-5,8-11,18-19,23-24H,2,6-7,12,22H2,1H3. The lowest BCUT2D eigenvalue weighted by molar-refractivity contribution is 0.120. The van der Waals surface area contributed by atoms with Crippen molar-refractivity contribution in [1.82, 2.24) is 5.32 Å². The fraction of sp³-hybridized carbons (Fsp3) is 0.368. The summed E-state index contributed by atoms with van der Waals surface area (Å²) in [5.74, 6) is -1.23. The molecule has 0 aliphatic rings. The Balaban J connectivity index is 1.82. The number of aliphatic hydroxyl groups excluding tert-OH is 1. The number of halogens is 2. The molecule has 2 unspecified atom stereocenters. The number of aliphatic hydroxyl groups is 1. The monoisotopic (exact) mass is 334 g/mol. The van der Waals surface area contributed by atoms with Gasteiger partial charge in [0, 0.05) is 12.6 Å². The van der Waals surface area contributed by atoms with Crippen LogP contribution < -0.4 is 11.1 Å². The summed E-state index contributed by atoms with van der Waals surface area (Å²) in [6.45, 7) is 2.65. The Morgan fingerprint density at radius 2 is 1.71 bits per heavy atom. The molecule has 2 aromatic rings. The van der Waals surface area contributed by atoms with Crippen molar-refractivity contribution >= 4 is 0 Å². The first kappa shape index (κ1) is 18.5. The maximum atomic E-state index is 13.1. The molecule has 0 saturated heterocycles. The van der Waals surface area contributed by atoms with Gasteiger partial charge in [0.1, 0.15) is 11.6 Å². The predicted octanol–water partition coefficient (Wildman–Crippen LogP) is 2.90. The molecular weight excluding hydrogens is 310 g/mol. The lowest BCUT2D eigenvalue weighted by atomic mass is 10.0. The Bertz CT molecular complexity index is 643. The van der Waals surface area contributed by atoms with Gasteiger partial charge in [-0.05, 0) is 48.1 Å². The third-order valence-electron chi connectivity index (χ3n) is 4.01. The molecule has 0 amide bonds. The molecule has 0 aliphatic carbocycles. The molecule has 24 heavy (non-hydrogen) atoms. The molecule has 4 N–H and O–H groups in total. The van der Waals surface area contributed by atoms with Crippen LogP contribution in [0.1, 0.15) is 30.0 Å². The van der Waals surface area contributed by atoms with Crippen LogP contribution in [0.3, 0.4) is 0 Å². The zero-order valence-corrected chi connectivity index (χ0v) is 13.8. The summed E-state index contributed by atoms with van der Waals surface area (Å²) >= 11 is 0. The van der Waals surface area contributed by atoms with Crippen molar-refractivity contribution in [2.24, 2.45) is 5.73 Å². The van der Waals surface area contributed by atoms with E-state index in [0.29, 0.717) is 24.9 Å². The van der Waals surface area contributed by atoms with Crippen molar-refractivity contribution in [1.29, 1.82) is 0 Å². The van der Waals surface area contributed by atoms with Crippen LogP contribution in [0.2, 0.25) is 0 Å². The maximum Gasteiger partial charge on any atom is 0.126 e. The van der Waals surface area contributed by atoms with Crippen LogP contribution in [-0.4, -0.2) is 17.4 Å². The van der Waals surface area contributed by atoms with Crippen molar-refractivity contribution < 1.29 is 13.9 Å². The smallest absolute Gasteiger partial charge is 0.126 e. The topological polar surface area (TPSA) is 58.3 Å². The summed E-state index contributed by atoms with van der Waals surface area (Å²) in [6, 6.07) is 11.5. The average Bonchev–Trinajstić information content (AvgIpc) is 2.57. The zero-order valence-electron chi connectivity index (χ0n) is 13.8. The van der Waals surface area contributed by atoms with E-state index < -0.39 is 23.9 Å².